The second-order valence-electron chi connectivity index (χ2n) is 5.61. The first-order chi connectivity index (χ1) is 12.6. The molecule has 1 amide bonds. The molecule has 0 bridgehead atoms. The van der Waals surface area contributed by atoms with E-state index < -0.39 is 0 Å². The van der Waals surface area contributed by atoms with Crippen LogP contribution < -0.4 is 10.1 Å². The highest BCUT2D eigenvalue weighted by Crippen LogP contribution is 2.28. The number of carbonyl (C=O) groups is 1. The number of hydrogen-bond donors (Lipinski definition) is 1. The van der Waals surface area contributed by atoms with E-state index in [-0.39, 0.29) is 11.2 Å². The Bertz CT molecular complexity index is 912. The Hall–Kier alpha value is -2.87. The molecule has 1 heterocycles. The Balaban J connectivity index is 1.76. The molecule has 0 spiro atoms. The van der Waals surface area contributed by atoms with E-state index >= 15 is 0 Å². The van der Waals surface area contributed by atoms with Crippen LogP contribution in [0.15, 0.2) is 53.7 Å². The smallest absolute Gasteiger partial charge is 0.237 e. The first kappa shape index (κ1) is 17.9. The third-order valence-electron chi connectivity index (χ3n) is 3.81. The van der Waals surface area contributed by atoms with Gasteiger partial charge in [0.1, 0.15) is 11.4 Å². The summed E-state index contributed by atoms with van der Waals surface area (Å²) in [5, 5.41) is 14.9. The van der Waals surface area contributed by atoms with Crippen LogP contribution in [-0.4, -0.2) is 38.5 Å². The first-order valence-corrected chi connectivity index (χ1v) is 8.93. The fourth-order valence-corrected chi connectivity index (χ4v) is 3.17. The van der Waals surface area contributed by atoms with Crippen molar-refractivity contribution in [1.82, 2.24) is 20.2 Å². The number of nitrogens with zero attached hydrogens (tertiary/aromatic N) is 4. The molecule has 0 radical (unpaired) electrons. The molecule has 0 fully saturated rings. The standard InChI is InChI=1S/C18H19N5O2S/c1-12-8-4-5-9-14(12)19-17(24)13(2)26-18-20-21-22-23(18)15-10-6-7-11-16(15)25-3/h4-11,13H,1-3H3,(H,19,24)/t13-/m0/s1. The predicted molar refractivity (Wildman–Crippen MR) is 101 cm³/mol. The van der Waals surface area contributed by atoms with E-state index in [0.717, 1.165) is 11.3 Å². The molecule has 3 rings (SSSR count). The highest BCUT2D eigenvalue weighted by molar-refractivity contribution is 8.00. The number of carbonyl (C=O) groups excluding carboxylic acids is 1. The van der Waals surface area contributed by atoms with Crippen molar-refractivity contribution in [2.75, 3.05) is 12.4 Å². The van der Waals surface area contributed by atoms with Crippen LogP contribution in [0.2, 0.25) is 0 Å². The molecular formula is C18H19N5O2S. The molecule has 134 valence electrons. The number of thioether (sulfide) groups is 1. The van der Waals surface area contributed by atoms with Gasteiger partial charge in [-0.25, -0.2) is 0 Å². The quantitative estimate of drug-likeness (QED) is 0.673. The molecule has 0 aliphatic rings. The molecule has 1 N–H and O–H groups in total. The molecule has 2 aromatic carbocycles. The number of anilines is 1. The maximum Gasteiger partial charge on any atom is 0.237 e. The highest BCUT2D eigenvalue weighted by Gasteiger charge is 2.20. The number of aromatic nitrogens is 4. The summed E-state index contributed by atoms with van der Waals surface area (Å²) in [4.78, 5) is 12.5. The van der Waals surface area contributed by atoms with Gasteiger partial charge in [0.05, 0.1) is 12.4 Å². The van der Waals surface area contributed by atoms with Crippen LogP contribution in [0.4, 0.5) is 5.69 Å². The van der Waals surface area contributed by atoms with Gasteiger partial charge in [0.15, 0.2) is 0 Å². The number of amides is 1. The summed E-state index contributed by atoms with van der Waals surface area (Å²) in [5.41, 5.74) is 2.53. The van der Waals surface area contributed by atoms with Gasteiger partial charge in [0.2, 0.25) is 11.1 Å². The number of ether oxygens (including phenoxy) is 1. The number of rotatable bonds is 6. The number of aryl methyl sites for hydroxylation is 1. The molecule has 3 aromatic rings. The molecule has 0 aliphatic carbocycles. The normalized spacial score (nSPS) is 11.8. The zero-order valence-corrected chi connectivity index (χ0v) is 15.5. The van der Waals surface area contributed by atoms with E-state index in [4.69, 9.17) is 4.74 Å². The summed E-state index contributed by atoms with van der Waals surface area (Å²) in [6.07, 6.45) is 0. The lowest BCUT2D eigenvalue weighted by Gasteiger charge is -2.14. The minimum absolute atomic E-state index is 0.112. The van der Waals surface area contributed by atoms with Crippen molar-refractivity contribution in [1.29, 1.82) is 0 Å². The van der Waals surface area contributed by atoms with Crippen LogP contribution in [0.1, 0.15) is 12.5 Å². The van der Waals surface area contributed by atoms with E-state index in [2.05, 4.69) is 20.8 Å². The van der Waals surface area contributed by atoms with Crippen molar-refractivity contribution < 1.29 is 9.53 Å². The zero-order valence-electron chi connectivity index (χ0n) is 14.7. The van der Waals surface area contributed by atoms with Gasteiger partial charge in [0.25, 0.3) is 0 Å². The highest BCUT2D eigenvalue weighted by atomic mass is 32.2. The number of nitrogens with one attached hydrogen (secondary N) is 1. The van der Waals surface area contributed by atoms with Crippen LogP contribution in [0.25, 0.3) is 5.69 Å². The summed E-state index contributed by atoms with van der Waals surface area (Å²) in [5.74, 6) is 0.539. The molecule has 0 saturated heterocycles. The fraction of sp³-hybridized carbons (Fsp3) is 0.222. The second-order valence-corrected chi connectivity index (χ2v) is 6.92. The molecule has 26 heavy (non-hydrogen) atoms. The Morgan fingerprint density at radius 1 is 1.19 bits per heavy atom. The average Bonchev–Trinajstić information content (AvgIpc) is 3.11. The monoisotopic (exact) mass is 369 g/mol. The second kappa shape index (κ2) is 8.01. The maximum atomic E-state index is 12.5. The molecule has 8 heteroatoms. The Kier molecular flexibility index (Phi) is 5.52. The SMILES string of the molecule is COc1ccccc1-n1nnnc1S[C@@H](C)C(=O)Nc1ccccc1C. The summed E-state index contributed by atoms with van der Waals surface area (Å²) < 4.78 is 6.93. The van der Waals surface area contributed by atoms with Gasteiger partial charge in [-0.1, -0.05) is 42.1 Å². The lowest BCUT2D eigenvalue weighted by molar-refractivity contribution is -0.115. The number of hydrogen-bond acceptors (Lipinski definition) is 6. The molecule has 1 atom stereocenters. The fourth-order valence-electron chi connectivity index (χ4n) is 2.37. The number of tetrazole rings is 1. The van der Waals surface area contributed by atoms with Crippen molar-refractivity contribution in [3.63, 3.8) is 0 Å². The van der Waals surface area contributed by atoms with E-state index in [1.54, 1.807) is 11.8 Å². The van der Waals surface area contributed by atoms with Gasteiger partial charge in [0, 0.05) is 5.69 Å². The lowest BCUT2D eigenvalue weighted by atomic mass is 10.2. The Morgan fingerprint density at radius 2 is 1.92 bits per heavy atom. The number of methoxy groups -OCH3 is 1. The van der Waals surface area contributed by atoms with E-state index in [9.17, 15) is 4.79 Å². The average molecular weight is 369 g/mol. The topological polar surface area (TPSA) is 81.9 Å². The first-order valence-electron chi connectivity index (χ1n) is 8.05. The van der Waals surface area contributed by atoms with Gasteiger partial charge in [-0.05, 0) is 48.0 Å². The molecule has 0 unspecified atom stereocenters. The van der Waals surface area contributed by atoms with E-state index in [1.807, 2.05) is 62.4 Å². The Morgan fingerprint density at radius 3 is 2.69 bits per heavy atom. The summed E-state index contributed by atoms with van der Waals surface area (Å²) >= 11 is 1.28. The van der Waals surface area contributed by atoms with Crippen LogP contribution in [0.3, 0.4) is 0 Å². The number of benzene rings is 2. The summed E-state index contributed by atoms with van der Waals surface area (Å²) in [6, 6.07) is 15.1. The summed E-state index contributed by atoms with van der Waals surface area (Å²) in [7, 11) is 1.59. The minimum atomic E-state index is -0.380. The zero-order chi connectivity index (χ0) is 18.5. The van der Waals surface area contributed by atoms with Crippen LogP contribution in [0.5, 0.6) is 5.75 Å². The van der Waals surface area contributed by atoms with Gasteiger partial charge in [-0.15, -0.1) is 5.10 Å². The van der Waals surface area contributed by atoms with Crippen LogP contribution in [0, 0.1) is 6.92 Å². The van der Waals surface area contributed by atoms with Crippen LogP contribution >= 0.6 is 11.8 Å². The predicted octanol–water partition coefficient (Wildman–Crippen LogP) is 3.10. The van der Waals surface area contributed by atoms with Gasteiger partial charge < -0.3 is 10.1 Å². The van der Waals surface area contributed by atoms with Crippen molar-refractivity contribution in [3.8, 4) is 11.4 Å². The summed E-state index contributed by atoms with van der Waals surface area (Å²) in [6.45, 7) is 3.77. The van der Waals surface area contributed by atoms with E-state index in [1.165, 1.54) is 11.8 Å². The molecule has 7 nitrogen and oxygen atoms in total. The van der Waals surface area contributed by atoms with Gasteiger partial charge in [-0.2, -0.15) is 4.68 Å². The largest absolute Gasteiger partial charge is 0.494 e. The van der Waals surface area contributed by atoms with Crippen LogP contribution in [-0.2, 0) is 4.79 Å². The van der Waals surface area contributed by atoms with Crippen molar-refractivity contribution in [3.05, 3.63) is 54.1 Å². The van der Waals surface area contributed by atoms with Crippen molar-refractivity contribution in [2.45, 2.75) is 24.3 Å². The lowest BCUT2D eigenvalue weighted by Crippen LogP contribution is -2.23. The molecule has 0 saturated carbocycles. The third kappa shape index (κ3) is 3.85. The van der Waals surface area contributed by atoms with E-state index in [0.29, 0.717) is 16.6 Å². The third-order valence-corrected chi connectivity index (χ3v) is 4.84. The molecular weight excluding hydrogens is 350 g/mol. The number of para-hydroxylation sites is 3. The minimum Gasteiger partial charge on any atom is -0.494 e. The Labute approximate surface area is 155 Å². The molecule has 0 aliphatic heterocycles. The van der Waals surface area contributed by atoms with Gasteiger partial charge in [-0.3, -0.25) is 4.79 Å². The van der Waals surface area contributed by atoms with Crippen molar-refractivity contribution >= 4 is 23.4 Å². The molecule has 1 aromatic heterocycles. The maximum absolute atomic E-state index is 12.5. The van der Waals surface area contributed by atoms with Gasteiger partial charge >= 0.3 is 0 Å². The van der Waals surface area contributed by atoms with Crippen molar-refractivity contribution in [2.24, 2.45) is 0 Å².